The van der Waals surface area contributed by atoms with Crippen LogP contribution in [0.25, 0.3) is 0 Å². The van der Waals surface area contributed by atoms with E-state index in [1.54, 1.807) is 26.2 Å². The first-order valence-corrected chi connectivity index (χ1v) is 8.39. The molecule has 1 aliphatic rings. The van der Waals surface area contributed by atoms with E-state index in [1.807, 2.05) is 31.7 Å². The first-order chi connectivity index (χ1) is 11.2. The van der Waals surface area contributed by atoms with E-state index in [1.165, 1.54) is 4.90 Å². The number of nitrogens with zero attached hydrogens (tertiary/aromatic N) is 3. The molecule has 2 amide bonds. The average molecular weight is 333 g/mol. The van der Waals surface area contributed by atoms with E-state index in [0.29, 0.717) is 5.82 Å². The Morgan fingerprint density at radius 2 is 2.00 bits per heavy atom. The van der Waals surface area contributed by atoms with Crippen LogP contribution in [0.1, 0.15) is 58.6 Å². The fourth-order valence-electron chi connectivity index (χ4n) is 2.87. The number of aromatic nitrogens is 1. The number of hydrogen-bond acceptors (Lipinski definition) is 4. The van der Waals surface area contributed by atoms with Gasteiger partial charge in [-0.25, -0.2) is 9.78 Å². The van der Waals surface area contributed by atoms with Crippen molar-refractivity contribution >= 4 is 17.8 Å². The molecular weight excluding hydrogens is 306 g/mol. The van der Waals surface area contributed by atoms with Gasteiger partial charge in [-0.15, -0.1) is 0 Å². The highest BCUT2D eigenvalue weighted by Gasteiger charge is 2.26. The minimum atomic E-state index is -0.546. The lowest BCUT2D eigenvalue weighted by Crippen LogP contribution is -2.37. The Kier molecular flexibility index (Phi) is 5.47. The van der Waals surface area contributed by atoms with Crippen molar-refractivity contribution in [3.05, 3.63) is 23.9 Å². The summed E-state index contributed by atoms with van der Waals surface area (Å²) < 4.78 is 5.34. The van der Waals surface area contributed by atoms with Crippen molar-refractivity contribution in [2.75, 3.05) is 18.5 Å². The molecule has 0 radical (unpaired) electrons. The molecule has 0 spiro atoms. The first kappa shape index (κ1) is 18.2. The molecule has 1 saturated heterocycles. The second kappa shape index (κ2) is 7.20. The molecule has 24 heavy (non-hydrogen) atoms. The molecule has 2 rings (SSSR count). The van der Waals surface area contributed by atoms with Crippen LogP contribution in [0.15, 0.2) is 18.3 Å². The quantitative estimate of drug-likeness (QED) is 0.830. The minimum Gasteiger partial charge on any atom is -0.443 e. The van der Waals surface area contributed by atoms with Gasteiger partial charge >= 0.3 is 6.09 Å². The number of anilines is 1. The zero-order valence-corrected chi connectivity index (χ0v) is 15.2. The highest BCUT2D eigenvalue weighted by atomic mass is 16.6. The van der Waals surface area contributed by atoms with Crippen molar-refractivity contribution in [2.24, 2.45) is 0 Å². The minimum absolute atomic E-state index is 0.0737. The molecule has 6 heteroatoms. The van der Waals surface area contributed by atoms with E-state index in [9.17, 15) is 9.59 Å². The summed E-state index contributed by atoms with van der Waals surface area (Å²) in [5.41, 5.74) is 0.460. The van der Waals surface area contributed by atoms with Crippen LogP contribution in [0.3, 0.4) is 0 Å². The number of amides is 2. The molecule has 0 bridgehead atoms. The van der Waals surface area contributed by atoms with Gasteiger partial charge in [-0.05, 0) is 51.7 Å². The lowest BCUT2D eigenvalue weighted by Gasteiger charge is -2.35. The molecule has 0 aromatic carbocycles. The van der Waals surface area contributed by atoms with E-state index in [4.69, 9.17) is 4.74 Å². The molecular formula is C18H27N3O3. The Morgan fingerprint density at radius 1 is 1.29 bits per heavy atom. The van der Waals surface area contributed by atoms with Crippen molar-refractivity contribution in [1.82, 2.24) is 9.88 Å². The number of pyridine rings is 1. The highest BCUT2D eigenvalue weighted by molar-refractivity contribution is 5.85. The van der Waals surface area contributed by atoms with Crippen LogP contribution >= 0.6 is 0 Å². The Labute approximate surface area is 143 Å². The van der Waals surface area contributed by atoms with Gasteiger partial charge in [0, 0.05) is 26.7 Å². The summed E-state index contributed by atoms with van der Waals surface area (Å²) in [5.74, 6) is 0.618. The van der Waals surface area contributed by atoms with Crippen molar-refractivity contribution < 1.29 is 14.3 Å². The summed E-state index contributed by atoms with van der Waals surface area (Å²) in [7, 11) is 1.64. The van der Waals surface area contributed by atoms with Crippen LogP contribution in [0.4, 0.5) is 10.6 Å². The van der Waals surface area contributed by atoms with Gasteiger partial charge < -0.3 is 9.64 Å². The van der Waals surface area contributed by atoms with Crippen molar-refractivity contribution in [3.63, 3.8) is 0 Å². The fourth-order valence-corrected chi connectivity index (χ4v) is 2.87. The van der Waals surface area contributed by atoms with E-state index in [0.717, 1.165) is 31.4 Å². The summed E-state index contributed by atoms with van der Waals surface area (Å²) >= 11 is 0. The molecule has 0 aliphatic carbocycles. The van der Waals surface area contributed by atoms with Gasteiger partial charge in [-0.2, -0.15) is 0 Å². The third-order valence-electron chi connectivity index (χ3n) is 4.07. The van der Waals surface area contributed by atoms with Gasteiger partial charge in [0.05, 0.1) is 6.04 Å². The summed E-state index contributed by atoms with van der Waals surface area (Å²) in [4.78, 5) is 31.6. The second-order valence-corrected chi connectivity index (χ2v) is 7.21. The second-order valence-electron chi connectivity index (χ2n) is 7.21. The van der Waals surface area contributed by atoms with E-state index in [2.05, 4.69) is 4.98 Å². The molecule has 1 aromatic rings. The van der Waals surface area contributed by atoms with Crippen LogP contribution in [-0.2, 0) is 9.53 Å². The van der Waals surface area contributed by atoms with Gasteiger partial charge in [0.15, 0.2) is 0 Å². The standard InChI is InChI=1S/C18H27N3O3/c1-13(22)21-11-7-6-8-15(21)14-9-10-16(19-12-14)20(5)17(23)24-18(2,3)4/h9-10,12,15H,6-8,11H2,1-5H3/t15-/m0/s1. The summed E-state index contributed by atoms with van der Waals surface area (Å²) in [6.45, 7) is 7.88. The summed E-state index contributed by atoms with van der Waals surface area (Å²) in [6, 6.07) is 3.81. The van der Waals surface area contributed by atoms with E-state index >= 15 is 0 Å². The van der Waals surface area contributed by atoms with E-state index in [-0.39, 0.29) is 11.9 Å². The summed E-state index contributed by atoms with van der Waals surface area (Å²) in [6.07, 6.45) is 4.41. The molecule has 6 nitrogen and oxygen atoms in total. The monoisotopic (exact) mass is 333 g/mol. The van der Waals surface area contributed by atoms with Gasteiger partial charge in [-0.1, -0.05) is 6.07 Å². The molecule has 1 aliphatic heterocycles. The maximum absolute atomic E-state index is 12.1. The topological polar surface area (TPSA) is 62.7 Å². The molecule has 1 atom stereocenters. The summed E-state index contributed by atoms with van der Waals surface area (Å²) in [5, 5.41) is 0. The number of rotatable bonds is 2. The zero-order chi connectivity index (χ0) is 17.9. The normalized spacial score (nSPS) is 18.2. The van der Waals surface area contributed by atoms with Crippen LogP contribution in [0, 0.1) is 0 Å². The van der Waals surface area contributed by atoms with Crippen LogP contribution in [0.5, 0.6) is 0 Å². The van der Waals surface area contributed by atoms with Crippen LogP contribution < -0.4 is 4.90 Å². The molecule has 1 fully saturated rings. The van der Waals surface area contributed by atoms with Gasteiger partial charge in [0.1, 0.15) is 11.4 Å². The highest BCUT2D eigenvalue weighted by Crippen LogP contribution is 2.31. The number of carbonyl (C=O) groups is 2. The predicted molar refractivity (Wildman–Crippen MR) is 92.9 cm³/mol. The maximum Gasteiger partial charge on any atom is 0.415 e. The SMILES string of the molecule is CC(=O)N1CCCC[C@H]1c1ccc(N(C)C(=O)OC(C)(C)C)nc1. The Balaban J connectivity index is 2.12. The molecule has 132 valence electrons. The predicted octanol–water partition coefficient (Wildman–Crippen LogP) is 3.53. The number of carbonyl (C=O) groups excluding carboxylic acids is 2. The Bertz CT molecular complexity index is 593. The third-order valence-corrected chi connectivity index (χ3v) is 4.07. The maximum atomic E-state index is 12.1. The van der Waals surface area contributed by atoms with Crippen molar-refractivity contribution in [1.29, 1.82) is 0 Å². The Hall–Kier alpha value is -2.11. The smallest absolute Gasteiger partial charge is 0.415 e. The zero-order valence-electron chi connectivity index (χ0n) is 15.2. The number of hydrogen-bond donors (Lipinski definition) is 0. The third kappa shape index (κ3) is 4.46. The molecule has 2 heterocycles. The first-order valence-electron chi connectivity index (χ1n) is 8.39. The van der Waals surface area contributed by atoms with E-state index < -0.39 is 11.7 Å². The molecule has 0 N–H and O–H groups in total. The van der Waals surface area contributed by atoms with Gasteiger partial charge in [0.2, 0.25) is 5.91 Å². The number of likely N-dealkylation sites (tertiary alicyclic amines) is 1. The lowest BCUT2D eigenvalue weighted by molar-refractivity contribution is -0.132. The van der Waals surface area contributed by atoms with Crippen molar-refractivity contribution in [3.8, 4) is 0 Å². The number of ether oxygens (including phenoxy) is 1. The molecule has 0 unspecified atom stereocenters. The van der Waals surface area contributed by atoms with Crippen molar-refractivity contribution in [2.45, 2.75) is 58.6 Å². The van der Waals surface area contributed by atoms with Crippen LogP contribution in [0.2, 0.25) is 0 Å². The average Bonchev–Trinajstić information content (AvgIpc) is 2.52. The Morgan fingerprint density at radius 3 is 2.54 bits per heavy atom. The fraction of sp³-hybridized carbons (Fsp3) is 0.611. The van der Waals surface area contributed by atoms with Gasteiger partial charge in [-0.3, -0.25) is 9.69 Å². The molecule has 0 saturated carbocycles. The number of piperidine rings is 1. The van der Waals surface area contributed by atoms with Gasteiger partial charge in [0.25, 0.3) is 0 Å². The van der Waals surface area contributed by atoms with Crippen LogP contribution in [-0.4, -0.2) is 41.1 Å². The molecule has 1 aromatic heterocycles. The largest absolute Gasteiger partial charge is 0.443 e. The lowest BCUT2D eigenvalue weighted by atomic mass is 9.96.